The first-order chi connectivity index (χ1) is 10.1. The fourth-order valence-electron chi connectivity index (χ4n) is 2.61. The van der Waals surface area contributed by atoms with E-state index in [4.69, 9.17) is 0 Å². The van der Waals surface area contributed by atoms with Crippen LogP contribution in [0.3, 0.4) is 0 Å². The Morgan fingerprint density at radius 2 is 1.33 bits per heavy atom. The normalized spacial score (nSPS) is 11.0. The summed E-state index contributed by atoms with van der Waals surface area (Å²) >= 11 is 6.86. The van der Waals surface area contributed by atoms with Gasteiger partial charge in [0.1, 0.15) is 5.75 Å². The Morgan fingerprint density at radius 3 is 1.90 bits per heavy atom. The van der Waals surface area contributed by atoms with Gasteiger partial charge in [-0.15, -0.1) is 0 Å². The fourth-order valence-corrected chi connectivity index (χ4v) is 3.93. The summed E-state index contributed by atoms with van der Waals surface area (Å²) in [6, 6.07) is 3.91. The van der Waals surface area contributed by atoms with Crippen LogP contribution >= 0.6 is 31.9 Å². The molecule has 120 valence electrons. The minimum Gasteiger partial charge on any atom is -0.506 e. The molecule has 0 aliphatic heterocycles. The number of phenolic OH excluding ortho intramolecular Hbond substituents is 1. The molecule has 1 aromatic rings. The summed E-state index contributed by atoms with van der Waals surface area (Å²) in [6.45, 7) is 2.27. The Balaban J connectivity index is 2.07. The third kappa shape index (κ3) is 8.25. The van der Waals surface area contributed by atoms with E-state index in [1.54, 1.807) is 0 Å². The molecule has 3 heteroatoms. The van der Waals surface area contributed by atoms with Gasteiger partial charge in [0.2, 0.25) is 0 Å². The third-order valence-electron chi connectivity index (χ3n) is 3.91. The van der Waals surface area contributed by atoms with E-state index in [0.29, 0.717) is 5.75 Å². The molecule has 0 saturated heterocycles. The molecule has 0 fully saturated rings. The molecule has 1 nitrogen and oxygen atoms in total. The van der Waals surface area contributed by atoms with Gasteiger partial charge < -0.3 is 5.11 Å². The van der Waals surface area contributed by atoms with E-state index in [1.165, 1.54) is 57.8 Å². The van der Waals surface area contributed by atoms with Gasteiger partial charge in [0.05, 0.1) is 4.47 Å². The van der Waals surface area contributed by atoms with E-state index in [2.05, 4.69) is 38.8 Å². The lowest BCUT2D eigenvalue weighted by atomic mass is 10.0. The minimum atomic E-state index is 0.397. The molecule has 0 heterocycles. The van der Waals surface area contributed by atoms with E-state index < -0.39 is 0 Å². The molecule has 0 atom stereocenters. The second-order valence-corrected chi connectivity index (χ2v) is 7.60. The van der Waals surface area contributed by atoms with Crippen molar-refractivity contribution >= 4 is 31.9 Å². The lowest BCUT2D eigenvalue weighted by Crippen LogP contribution is -1.89. The van der Waals surface area contributed by atoms with Gasteiger partial charge in [0, 0.05) is 4.47 Å². The smallest absolute Gasteiger partial charge is 0.133 e. The van der Waals surface area contributed by atoms with Crippen LogP contribution in [0.15, 0.2) is 21.1 Å². The predicted molar refractivity (Wildman–Crippen MR) is 99.1 cm³/mol. The average molecular weight is 420 g/mol. The van der Waals surface area contributed by atoms with E-state index in [1.807, 2.05) is 12.1 Å². The van der Waals surface area contributed by atoms with Crippen LogP contribution < -0.4 is 0 Å². The monoisotopic (exact) mass is 418 g/mol. The highest BCUT2D eigenvalue weighted by atomic mass is 79.9. The van der Waals surface area contributed by atoms with Crippen LogP contribution in [0.1, 0.15) is 76.7 Å². The SMILES string of the molecule is CCCCCCCCCCCCc1cc(Br)cc(Br)c1O. The standard InChI is InChI=1S/C18H28Br2O/c1-2-3-4-5-6-7-8-9-10-11-12-15-13-16(19)14-17(20)18(15)21/h13-14,21H,2-12H2,1H3. The molecule has 0 amide bonds. The first-order valence-electron chi connectivity index (χ1n) is 8.32. The van der Waals surface area contributed by atoms with Crippen molar-refractivity contribution in [3.63, 3.8) is 0 Å². The number of aromatic hydroxyl groups is 1. The van der Waals surface area contributed by atoms with Crippen LogP contribution in [0.4, 0.5) is 0 Å². The maximum absolute atomic E-state index is 10.00. The molecule has 21 heavy (non-hydrogen) atoms. The summed E-state index contributed by atoms with van der Waals surface area (Å²) in [4.78, 5) is 0. The van der Waals surface area contributed by atoms with Crippen LogP contribution in [0.25, 0.3) is 0 Å². The lowest BCUT2D eigenvalue weighted by molar-refractivity contribution is 0.462. The summed E-state index contributed by atoms with van der Waals surface area (Å²) in [6.07, 6.45) is 14.4. The number of benzene rings is 1. The molecule has 0 aliphatic rings. The number of phenols is 1. The summed E-state index contributed by atoms with van der Waals surface area (Å²) in [5, 5.41) is 10.00. The molecule has 0 unspecified atom stereocenters. The van der Waals surface area contributed by atoms with Crippen molar-refractivity contribution in [3.05, 3.63) is 26.6 Å². The number of aryl methyl sites for hydroxylation is 1. The van der Waals surface area contributed by atoms with Gasteiger partial charge in [-0.25, -0.2) is 0 Å². The molecule has 1 N–H and O–H groups in total. The van der Waals surface area contributed by atoms with E-state index in [-0.39, 0.29) is 0 Å². The first kappa shape index (κ1) is 19.0. The van der Waals surface area contributed by atoms with Crippen LogP contribution in [-0.4, -0.2) is 5.11 Å². The summed E-state index contributed by atoms with van der Waals surface area (Å²) in [5.74, 6) is 0.397. The van der Waals surface area contributed by atoms with Crippen molar-refractivity contribution in [2.45, 2.75) is 77.6 Å². The van der Waals surface area contributed by atoms with Crippen LogP contribution in [0, 0.1) is 0 Å². The molecule has 0 aliphatic carbocycles. The molecule has 0 aromatic heterocycles. The summed E-state index contributed by atoms with van der Waals surface area (Å²) in [7, 11) is 0. The zero-order valence-electron chi connectivity index (χ0n) is 13.1. The molecular formula is C18H28Br2O. The Kier molecular flexibility index (Phi) is 10.5. The lowest BCUT2D eigenvalue weighted by Gasteiger charge is -2.07. The summed E-state index contributed by atoms with van der Waals surface area (Å²) < 4.78 is 1.80. The van der Waals surface area contributed by atoms with Gasteiger partial charge in [0.15, 0.2) is 0 Å². The number of rotatable bonds is 11. The van der Waals surface area contributed by atoms with E-state index in [0.717, 1.165) is 27.4 Å². The predicted octanol–water partition coefficient (Wildman–Crippen LogP) is 7.38. The number of hydrogen-bond acceptors (Lipinski definition) is 1. The van der Waals surface area contributed by atoms with Crippen molar-refractivity contribution in [1.29, 1.82) is 0 Å². The zero-order valence-corrected chi connectivity index (χ0v) is 16.3. The molecule has 0 bridgehead atoms. The number of unbranched alkanes of at least 4 members (excludes halogenated alkanes) is 9. The Labute approximate surface area is 146 Å². The fraction of sp³-hybridized carbons (Fsp3) is 0.667. The molecule has 0 saturated carbocycles. The highest BCUT2D eigenvalue weighted by Gasteiger charge is 2.06. The molecule has 0 spiro atoms. The largest absolute Gasteiger partial charge is 0.506 e. The quantitative estimate of drug-likeness (QED) is 0.371. The zero-order chi connectivity index (χ0) is 15.5. The topological polar surface area (TPSA) is 20.2 Å². The van der Waals surface area contributed by atoms with Crippen LogP contribution in [0.2, 0.25) is 0 Å². The maximum atomic E-state index is 10.00. The van der Waals surface area contributed by atoms with Crippen molar-refractivity contribution in [1.82, 2.24) is 0 Å². The van der Waals surface area contributed by atoms with Gasteiger partial charge in [-0.05, 0) is 46.5 Å². The Hall–Kier alpha value is -0.0200. The van der Waals surface area contributed by atoms with Crippen LogP contribution in [-0.2, 0) is 6.42 Å². The highest BCUT2D eigenvalue weighted by molar-refractivity contribution is 9.11. The van der Waals surface area contributed by atoms with E-state index in [9.17, 15) is 5.11 Å². The van der Waals surface area contributed by atoms with Crippen LogP contribution in [0.5, 0.6) is 5.75 Å². The van der Waals surface area contributed by atoms with Gasteiger partial charge in [-0.3, -0.25) is 0 Å². The number of hydrogen-bond donors (Lipinski definition) is 1. The van der Waals surface area contributed by atoms with E-state index >= 15 is 0 Å². The first-order valence-corrected chi connectivity index (χ1v) is 9.90. The minimum absolute atomic E-state index is 0.397. The summed E-state index contributed by atoms with van der Waals surface area (Å²) in [5.41, 5.74) is 1.04. The van der Waals surface area contributed by atoms with Gasteiger partial charge in [-0.1, -0.05) is 80.6 Å². The second kappa shape index (κ2) is 11.5. The highest BCUT2D eigenvalue weighted by Crippen LogP contribution is 2.32. The van der Waals surface area contributed by atoms with Crippen molar-refractivity contribution in [2.24, 2.45) is 0 Å². The average Bonchev–Trinajstić information content (AvgIpc) is 2.45. The number of halogens is 2. The van der Waals surface area contributed by atoms with Crippen molar-refractivity contribution < 1.29 is 5.11 Å². The third-order valence-corrected chi connectivity index (χ3v) is 4.97. The second-order valence-electron chi connectivity index (χ2n) is 5.83. The molecule has 0 radical (unpaired) electrons. The van der Waals surface area contributed by atoms with Crippen molar-refractivity contribution in [3.8, 4) is 5.75 Å². The van der Waals surface area contributed by atoms with Crippen molar-refractivity contribution in [2.75, 3.05) is 0 Å². The van der Waals surface area contributed by atoms with Gasteiger partial charge >= 0.3 is 0 Å². The molecule has 1 rings (SSSR count). The maximum Gasteiger partial charge on any atom is 0.133 e. The molecule has 1 aromatic carbocycles. The molecular weight excluding hydrogens is 392 g/mol. The van der Waals surface area contributed by atoms with Gasteiger partial charge in [-0.2, -0.15) is 0 Å². The van der Waals surface area contributed by atoms with Gasteiger partial charge in [0.25, 0.3) is 0 Å². The Bertz CT molecular complexity index is 404. The Morgan fingerprint density at radius 1 is 0.810 bits per heavy atom.